The van der Waals surface area contributed by atoms with Crippen LogP contribution in [0, 0.1) is 11.3 Å². The Balaban J connectivity index is 2.40. The zero-order valence-electron chi connectivity index (χ0n) is 11.4. The highest BCUT2D eigenvalue weighted by Crippen LogP contribution is 2.39. The first-order valence-electron chi connectivity index (χ1n) is 6.41. The topological polar surface area (TPSA) is 76.4 Å². The maximum absolute atomic E-state index is 11.5. The molecule has 106 valence electrons. The average Bonchev–Trinajstić information content (AvgIpc) is 2.66. The van der Waals surface area contributed by atoms with Crippen molar-refractivity contribution in [3.8, 4) is 6.07 Å². The summed E-state index contributed by atoms with van der Waals surface area (Å²) in [5.74, 6) is -0.443. The number of carbonyl (C=O) groups is 1. The number of aliphatic hydroxyl groups is 1. The van der Waals surface area contributed by atoms with E-state index in [1.807, 2.05) is 18.7 Å². The van der Waals surface area contributed by atoms with Gasteiger partial charge in [-0.3, -0.25) is 4.79 Å². The number of fused-ring (bicyclic) bond motifs is 1. The monoisotopic (exact) mass is 293 g/mol. The van der Waals surface area contributed by atoms with Crippen molar-refractivity contribution in [1.82, 2.24) is 0 Å². The van der Waals surface area contributed by atoms with Crippen LogP contribution >= 0.6 is 11.6 Å². The van der Waals surface area contributed by atoms with Gasteiger partial charge in [-0.25, -0.2) is 0 Å². The molecule has 0 radical (unpaired) electrons. The van der Waals surface area contributed by atoms with Crippen molar-refractivity contribution in [2.45, 2.75) is 32.4 Å². The molecule has 5 nitrogen and oxygen atoms in total. The zero-order valence-corrected chi connectivity index (χ0v) is 12.1. The number of benzene rings is 1. The van der Waals surface area contributed by atoms with Crippen molar-refractivity contribution >= 4 is 28.9 Å². The van der Waals surface area contributed by atoms with Crippen molar-refractivity contribution < 1.29 is 9.90 Å². The average molecular weight is 294 g/mol. The normalized spacial score (nSPS) is 16.8. The first-order chi connectivity index (χ1) is 9.45. The van der Waals surface area contributed by atoms with Gasteiger partial charge in [0, 0.05) is 23.8 Å². The molecule has 0 spiro atoms. The smallest absolute Gasteiger partial charge is 0.257 e. The number of aliphatic hydroxyl groups excluding tert-OH is 1. The van der Waals surface area contributed by atoms with Crippen LogP contribution in [-0.4, -0.2) is 23.6 Å². The van der Waals surface area contributed by atoms with Gasteiger partial charge in [0.1, 0.15) is 0 Å². The highest BCUT2D eigenvalue weighted by atomic mass is 35.5. The lowest BCUT2D eigenvalue weighted by Gasteiger charge is -2.29. The number of hydrogen-bond acceptors (Lipinski definition) is 4. The molecule has 0 saturated heterocycles. The highest BCUT2D eigenvalue weighted by molar-refractivity contribution is 6.33. The van der Waals surface area contributed by atoms with Gasteiger partial charge in [0.05, 0.1) is 23.2 Å². The highest BCUT2D eigenvalue weighted by Gasteiger charge is 2.30. The molecular formula is C14H16ClN3O2. The van der Waals surface area contributed by atoms with Gasteiger partial charge < -0.3 is 15.3 Å². The maximum Gasteiger partial charge on any atom is 0.257 e. The van der Waals surface area contributed by atoms with Crippen molar-refractivity contribution in [2.75, 3.05) is 16.8 Å². The lowest BCUT2D eigenvalue weighted by atomic mass is 10.1. The third-order valence-corrected chi connectivity index (χ3v) is 3.62. The molecule has 0 fully saturated rings. The van der Waals surface area contributed by atoms with Crippen LogP contribution in [0.3, 0.4) is 0 Å². The van der Waals surface area contributed by atoms with Crippen molar-refractivity contribution in [3.05, 3.63) is 22.7 Å². The van der Waals surface area contributed by atoms with Crippen LogP contribution in [0.15, 0.2) is 12.1 Å². The Morgan fingerprint density at radius 2 is 2.25 bits per heavy atom. The first-order valence-corrected chi connectivity index (χ1v) is 6.79. The third kappa shape index (κ3) is 2.58. The number of nitrogens with zero attached hydrogens (tertiary/aromatic N) is 2. The molecule has 20 heavy (non-hydrogen) atoms. The van der Waals surface area contributed by atoms with Gasteiger partial charge in [0.15, 0.2) is 6.10 Å². The summed E-state index contributed by atoms with van der Waals surface area (Å²) in [6.45, 7) is 4.58. The van der Waals surface area contributed by atoms with E-state index in [-0.39, 0.29) is 6.04 Å². The second kappa shape index (κ2) is 5.70. The van der Waals surface area contributed by atoms with Gasteiger partial charge in [-0.2, -0.15) is 5.26 Å². The number of halogens is 1. The maximum atomic E-state index is 11.5. The molecule has 1 heterocycles. The van der Waals surface area contributed by atoms with E-state index in [0.717, 1.165) is 5.69 Å². The fourth-order valence-electron chi connectivity index (χ4n) is 2.30. The lowest BCUT2D eigenvalue weighted by Crippen LogP contribution is -2.31. The molecule has 0 aliphatic carbocycles. The van der Waals surface area contributed by atoms with Crippen LogP contribution in [-0.2, 0) is 4.79 Å². The summed E-state index contributed by atoms with van der Waals surface area (Å²) in [5.41, 5.74) is 1.82. The largest absolute Gasteiger partial charge is 0.378 e. The van der Waals surface area contributed by atoms with Crippen LogP contribution in [0.1, 0.15) is 31.9 Å². The van der Waals surface area contributed by atoms with E-state index >= 15 is 0 Å². The van der Waals surface area contributed by atoms with Crippen LogP contribution < -0.4 is 10.2 Å². The van der Waals surface area contributed by atoms with Crippen LogP contribution in [0.5, 0.6) is 0 Å². The molecule has 0 saturated carbocycles. The van der Waals surface area contributed by atoms with Crippen molar-refractivity contribution in [3.63, 3.8) is 0 Å². The van der Waals surface area contributed by atoms with Crippen molar-refractivity contribution in [2.24, 2.45) is 0 Å². The van der Waals surface area contributed by atoms with Gasteiger partial charge in [-0.05, 0) is 26.0 Å². The molecule has 1 atom stereocenters. The van der Waals surface area contributed by atoms with E-state index < -0.39 is 12.0 Å². The molecule has 1 amide bonds. The number of nitrogens with one attached hydrogen (secondary N) is 1. The standard InChI is InChI=1S/C14H16ClN3O2/c1-8(2)18(5-3-4-16)12-7-11-9(6-10(12)15)13(19)14(20)17-11/h6-8,13,19H,3,5H2,1-2H3,(H,17,20). The zero-order chi connectivity index (χ0) is 14.9. The van der Waals surface area contributed by atoms with E-state index in [0.29, 0.717) is 29.2 Å². The summed E-state index contributed by atoms with van der Waals surface area (Å²) >= 11 is 6.26. The van der Waals surface area contributed by atoms with E-state index in [4.69, 9.17) is 16.9 Å². The van der Waals surface area contributed by atoms with Crippen LogP contribution in [0.4, 0.5) is 11.4 Å². The summed E-state index contributed by atoms with van der Waals surface area (Å²) in [6.07, 6.45) is -0.774. The Kier molecular flexibility index (Phi) is 4.17. The summed E-state index contributed by atoms with van der Waals surface area (Å²) in [7, 11) is 0. The summed E-state index contributed by atoms with van der Waals surface area (Å²) < 4.78 is 0. The summed E-state index contributed by atoms with van der Waals surface area (Å²) in [6, 6.07) is 5.64. The molecule has 1 unspecified atom stereocenters. The minimum absolute atomic E-state index is 0.168. The van der Waals surface area contributed by atoms with Gasteiger partial charge in [0.2, 0.25) is 0 Å². The molecule has 0 aromatic heterocycles. The number of amides is 1. The number of carbonyl (C=O) groups excluding carboxylic acids is 1. The quantitative estimate of drug-likeness (QED) is 0.894. The number of anilines is 2. The number of rotatable bonds is 4. The molecule has 1 aliphatic rings. The van der Waals surface area contributed by atoms with E-state index in [2.05, 4.69) is 11.4 Å². The SMILES string of the molecule is CC(C)N(CCC#N)c1cc2c(cc1Cl)C(O)C(=O)N2. The first kappa shape index (κ1) is 14.6. The summed E-state index contributed by atoms with van der Waals surface area (Å²) in [5, 5.41) is 21.6. The Morgan fingerprint density at radius 1 is 1.55 bits per heavy atom. The van der Waals surface area contributed by atoms with Crippen LogP contribution in [0.25, 0.3) is 0 Å². The molecule has 6 heteroatoms. The van der Waals surface area contributed by atoms with Gasteiger partial charge in [-0.1, -0.05) is 11.6 Å². The molecule has 2 rings (SSSR count). The Labute approximate surface area is 122 Å². The lowest BCUT2D eigenvalue weighted by molar-refractivity contribution is -0.123. The second-order valence-electron chi connectivity index (χ2n) is 4.98. The predicted molar refractivity (Wildman–Crippen MR) is 77.8 cm³/mol. The fraction of sp³-hybridized carbons (Fsp3) is 0.429. The van der Waals surface area contributed by atoms with E-state index in [9.17, 15) is 9.90 Å². The van der Waals surface area contributed by atoms with Gasteiger partial charge >= 0.3 is 0 Å². The Hall–Kier alpha value is -1.77. The minimum atomic E-state index is -1.16. The minimum Gasteiger partial charge on any atom is -0.378 e. The number of hydrogen-bond donors (Lipinski definition) is 2. The predicted octanol–water partition coefficient (Wildman–Crippen LogP) is 2.45. The molecule has 1 aliphatic heterocycles. The molecule has 0 bridgehead atoms. The van der Waals surface area contributed by atoms with E-state index in [1.54, 1.807) is 12.1 Å². The Bertz CT molecular complexity index is 581. The van der Waals surface area contributed by atoms with Crippen LogP contribution in [0.2, 0.25) is 5.02 Å². The van der Waals surface area contributed by atoms with E-state index in [1.165, 1.54) is 0 Å². The van der Waals surface area contributed by atoms with Gasteiger partial charge in [-0.15, -0.1) is 0 Å². The fourth-order valence-corrected chi connectivity index (χ4v) is 2.58. The summed E-state index contributed by atoms with van der Waals surface area (Å²) in [4.78, 5) is 13.5. The van der Waals surface area contributed by atoms with Gasteiger partial charge in [0.25, 0.3) is 5.91 Å². The molecule has 2 N–H and O–H groups in total. The second-order valence-corrected chi connectivity index (χ2v) is 5.39. The Morgan fingerprint density at radius 3 is 2.85 bits per heavy atom. The third-order valence-electron chi connectivity index (χ3n) is 3.32. The molecule has 1 aromatic carbocycles. The molecule has 1 aromatic rings. The molecular weight excluding hydrogens is 278 g/mol. The van der Waals surface area contributed by atoms with Crippen molar-refractivity contribution in [1.29, 1.82) is 5.26 Å². The number of nitriles is 1.